The standard InChI is InChI=1S/C45H76N12O13/c1-23(2)19-31(53-37(62)28(47)21-27-13-8-7-9-14-27)40(65)51-30(16-12-18-50-45(48)49)38(63)54-32(22-34(60)61)41(66)57-35(25(5)58)42(67)52-29(15-10-11-17-46)39(64)56-36(26(6)59)43(68)55-33(44(69)70)20-24(3)4/h7-9,13-14,23-26,28-33,35-36,58-59H,10-12,15-22,46-47H2,1-6H3,(H,51,65)(H,52,67)(H,53,62)(H,54,63)(H,55,68)(H,56,64)(H,57,66)(H,60,61)(H,69,70)(H4,48,49,50)/t25-,26-,28+,29+,30+,31+,32+,33+,35+,36+/m1/s1. The number of carbonyl (C=O) groups excluding carboxylic acids is 7. The van der Waals surface area contributed by atoms with Crippen LogP contribution in [0, 0.1) is 17.2 Å². The van der Waals surface area contributed by atoms with E-state index in [9.17, 15) is 63.6 Å². The Morgan fingerprint density at radius 1 is 0.571 bits per heavy atom. The molecule has 0 saturated carbocycles. The van der Waals surface area contributed by atoms with Gasteiger partial charge in [-0.3, -0.25) is 43.8 Å². The van der Waals surface area contributed by atoms with Gasteiger partial charge in [0.1, 0.15) is 42.3 Å². The van der Waals surface area contributed by atoms with Crippen LogP contribution in [0.1, 0.15) is 98.5 Å². The van der Waals surface area contributed by atoms with Gasteiger partial charge < -0.3 is 80.2 Å². The van der Waals surface area contributed by atoms with Crippen LogP contribution < -0.4 is 59.7 Å². The summed E-state index contributed by atoms with van der Waals surface area (Å²) in [6.07, 6.45) is -3.57. The van der Waals surface area contributed by atoms with E-state index in [0.717, 1.165) is 12.5 Å². The molecule has 0 unspecified atom stereocenters. The van der Waals surface area contributed by atoms with Gasteiger partial charge >= 0.3 is 11.9 Å². The lowest BCUT2D eigenvalue weighted by molar-refractivity contribution is -0.143. The van der Waals surface area contributed by atoms with E-state index in [1.54, 1.807) is 58.0 Å². The quantitative estimate of drug-likeness (QED) is 0.0187. The van der Waals surface area contributed by atoms with Crippen LogP contribution >= 0.6 is 0 Å². The number of hydrogen-bond donors (Lipinski definition) is 16. The molecule has 0 aromatic heterocycles. The fraction of sp³-hybridized carbons (Fsp3) is 0.644. The number of carbonyl (C=O) groups is 9. The molecular weight excluding hydrogens is 917 g/mol. The van der Waals surface area contributed by atoms with Gasteiger partial charge in [0.05, 0.1) is 24.7 Å². The Morgan fingerprint density at radius 3 is 1.47 bits per heavy atom. The fourth-order valence-corrected chi connectivity index (χ4v) is 6.96. The number of amides is 7. The van der Waals surface area contributed by atoms with E-state index in [0.29, 0.717) is 6.42 Å². The van der Waals surface area contributed by atoms with Crippen LogP contribution in [0.3, 0.4) is 0 Å². The monoisotopic (exact) mass is 993 g/mol. The van der Waals surface area contributed by atoms with Crippen molar-refractivity contribution in [1.82, 2.24) is 42.5 Å². The third-order valence-corrected chi connectivity index (χ3v) is 10.6. The van der Waals surface area contributed by atoms with Gasteiger partial charge in [-0.1, -0.05) is 58.0 Å². The van der Waals surface area contributed by atoms with Crippen molar-refractivity contribution in [3.8, 4) is 0 Å². The molecule has 7 amide bonds. The maximum Gasteiger partial charge on any atom is 0.326 e. The molecule has 25 heteroatoms. The first-order valence-electron chi connectivity index (χ1n) is 23.3. The molecule has 1 aromatic rings. The minimum absolute atomic E-state index is 0.0335. The molecule has 0 aliphatic rings. The minimum Gasteiger partial charge on any atom is -0.481 e. The largest absolute Gasteiger partial charge is 0.481 e. The summed E-state index contributed by atoms with van der Waals surface area (Å²) in [6.45, 7) is 9.57. The number of aliphatic carboxylic acids is 2. The molecule has 1 rings (SSSR count). The smallest absolute Gasteiger partial charge is 0.326 e. The van der Waals surface area contributed by atoms with Crippen LogP contribution in [-0.4, -0.2) is 153 Å². The Kier molecular flexibility index (Phi) is 27.8. The highest BCUT2D eigenvalue weighted by Gasteiger charge is 2.37. The van der Waals surface area contributed by atoms with Gasteiger partial charge in [0.25, 0.3) is 0 Å². The Morgan fingerprint density at radius 2 is 1.00 bits per heavy atom. The van der Waals surface area contributed by atoms with Crippen molar-refractivity contribution in [2.75, 3.05) is 13.1 Å². The average molecular weight is 993 g/mol. The number of aliphatic hydroxyl groups is 2. The van der Waals surface area contributed by atoms with E-state index in [2.05, 4.69) is 42.5 Å². The van der Waals surface area contributed by atoms with Crippen molar-refractivity contribution in [3.63, 3.8) is 0 Å². The van der Waals surface area contributed by atoms with E-state index in [1.165, 1.54) is 6.92 Å². The van der Waals surface area contributed by atoms with E-state index < -0.39 is 120 Å². The lowest BCUT2D eigenvalue weighted by atomic mass is 10.0. The predicted octanol–water partition coefficient (Wildman–Crippen LogP) is -3.24. The second kappa shape index (κ2) is 31.6. The number of unbranched alkanes of at least 4 members (excludes halogenated alkanes) is 1. The summed E-state index contributed by atoms with van der Waals surface area (Å²) in [6, 6.07) is -3.14. The van der Waals surface area contributed by atoms with Gasteiger partial charge in [-0.2, -0.15) is 0 Å². The first-order valence-corrected chi connectivity index (χ1v) is 23.3. The highest BCUT2D eigenvalue weighted by atomic mass is 16.4. The van der Waals surface area contributed by atoms with Gasteiger partial charge in [-0.15, -0.1) is 0 Å². The maximum atomic E-state index is 14.0. The number of carboxylic acid groups (broad SMARTS) is 2. The van der Waals surface area contributed by atoms with Crippen LogP contribution in [0.5, 0.6) is 0 Å². The van der Waals surface area contributed by atoms with Crippen molar-refractivity contribution in [2.24, 2.45) is 29.0 Å². The van der Waals surface area contributed by atoms with Crippen molar-refractivity contribution < 1.29 is 63.6 Å². The summed E-state index contributed by atoms with van der Waals surface area (Å²) in [5.74, 6) is -10.6. The second-order valence-corrected chi connectivity index (χ2v) is 18.0. The Bertz CT molecular complexity index is 1900. The molecule has 0 bridgehead atoms. The SMILES string of the molecule is CC(C)C[C@H](NC(=O)[C@@H](NC(=O)[C@H](CCCCN)NC(=O)[C@@H](NC(=O)[C@H](CC(=O)O)NC(=O)[C@H](CCCNC(=N)N)NC(=O)[C@H](CC(C)C)NC(=O)[C@@H](N)Cc1ccccc1)[C@@H](C)O)[C@@H](C)O)C(=O)O. The summed E-state index contributed by atoms with van der Waals surface area (Å²) in [5, 5.41) is 67.3. The number of aliphatic hydroxyl groups excluding tert-OH is 2. The van der Waals surface area contributed by atoms with Crippen molar-refractivity contribution in [1.29, 1.82) is 5.41 Å². The van der Waals surface area contributed by atoms with E-state index in [-0.39, 0.29) is 75.8 Å². The van der Waals surface area contributed by atoms with E-state index in [1.807, 2.05) is 0 Å². The summed E-state index contributed by atoms with van der Waals surface area (Å²) in [7, 11) is 0. The first kappa shape index (κ1) is 61.6. The fourth-order valence-electron chi connectivity index (χ4n) is 6.96. The molecule has 0 radical (unpaired) electrons. The molecule has 1 aromatic carbocycles. The minimum atomic E-state index is -1.93. The number of benzene rings is 1. The predicted molar refractivity (Wildman–Crippen MR) is 256 cm³/mol. The highest BCUT2D eigenvalue weighted by molar-refractivity contribution is 5.98. The van der Waals surface area contributed by atoms with Crippen LogP contribution in [0.2, 0.25) is 0 Å². The van der Waals surface area contributed by atoms with Gasteiger partial charge in [0.2, 0.25) is 41.4 Å². The van der Waals surface area contributed by atoms with Crippen LogP contribution in [0.15, 0.2) is 30.3 Å². The lowest BCUT2D eigenvalue weighted by Crippen LogP contribution is -2.62. The zero-order chi connectivity index (χ0) is 53.2. The Hall–Kier alpha value is -6.44. The zero-order valence-electron chi connectivity index (χ0n) is 40.8. The summed E-state index contributed by atoms with van der Waals surface area (Å²) >= 11 is 0. The van der Waals surface area contributed by atoms with Gasteiger partial charge in [-0.25, -0.2) is 4.79 Å². The third-order valence-electron chi connectivity index (χ3n) is 10.6. The molecule has 0 saturated heterocycles. The maximum absolute atomic E-state index is 14.0. The number of nitrogens with one attached hydrogen (secondary N) is 9. The molecule has 0 aliphatic carbocycles. The topological polar surface area (TPSA) is 433 Å². The van der Waals surface area contributed by atoms with Crippen molar-refractivity contribution >= 4 is 59.2 Å². The molecule has 0 fully saturated rings. The van der Waals surface area contributed by atoms with Gasteiger partial charge in [0.15, 0.2) is 5.96 Å². The Balaban J connectivity index is 3.41. The summed E-state index contributed by atoms with van der Waals surface area (Å²) in [5.41, 5.74) is 18.0. The first-order chi connectivity index (χ1) is 32.8. The van der Waals surface area contributed by atoms with Crippen molar-refractivity contribution in [3.05, 3.63) is 35.9 Å². The number of carboxylic acids is 2. The molecule has 10 atom stereocenters. The molecule has 25 nitrogen and oxygen atoms in total. The van der Waals surface area contributed by atoms with E-state index in [4.69, 9.17) is 22.6 Å². The number of guanidine groups is 1. The number of hydrogen-bond acceptors (Lipinski definition) is 14. The van der Waals surface area contributed by atoms with Crippen molar-refractivity contribution in [2.45, 2.75) is 160 Å². The molecule has 0 heterocycles. The zero-order valence-corrected chi connectivity index (χ0v) is 40.8. The lowest BCUT2D eigenvalue weighted by Gasteiger charge is -2.29. The second-order valence-electron chi connectivity index (χ2n) is 18.0. The normalized spacial score (nSPS) is 15.5. The van der Waals surface area contributed by atoms with E-state index >= 15 is 0 Å². The molecule has 70 heavy (non-hydrogen) atoms. The summed E-state index contributed by atoms with van der Waals surface area (Å²) in [4.78, 5) is 119. The molecule has 0 spiro atoms. The molecule has 0 aliphatic heterocycles. The van der Waals surface area contributed by atoms with Crippen LogP contribution in [-0.2, 0) is 49.6 Å². The van der Waals surface area contributed by atoms with Gasteiger partial charge in [-0.05, 0) is 89.2 Å². The third kappa shape index (κ3) is 23.7. The number of nitrogens with two attached hydrogens (primary N) is 3. The van der Waals surface area contributed by atoms with Gasteiger partial charge in [0, 0.05) is 6.54 Å². The average Bonchev–Trinajstić information content (AvgIpc) is 3.26. The summed E-state index contributed by atoms with van der Waals surface area (Å²) < 4.78 is 0. The highest BCUT2D eigenvalue weighted by Crippen LogP contribution is 2.11. The Labute approximate surface area is 407 Å². The number of rotatable bonds is 33. The molecule has 19 N–H and O–H groups in total. The van der Waals surface area contributed by atoms with Crippen LogP contribution in [0.4, 0.5) is 0 Å². The molecule has 394 valence electrons. The van der Waals surface area contributed by atoms with Crippen LogP contribution in [0.25, 0.3) is 0 Å². The molecular formula is C45H76N12O13.